The van der Waals surface area contributed by atoms with E-state index in [1.54, 1.807) is 49.6 Å². The first-order chi connectivity index (χ1) is 13.6. The SMILES string of the molecule is COc1ccc(NC(=O)c2ccnc(Nc3ccc(C#N)cc3)n2)cc1OC. The number of carbonyl (C=O) groups excluding carboxylic acids is 1. The molecule has 8 nitrogen and oxygen atoms in total. The van der Waals surface area contributed by atoms with Gasteiger partial charge in [0.1, 0.15) is 5.69 Å². The fourth-order valence-electron chi connectivity index (χ4n) is 2.41. The molecule has 2 N–H and O–H groups in total. The molecular formula is C20H17N5O3. The summed E-state index contributed by atoms with van der Waals surface area (Å²) in [6, 6.07) is 15.5. The molecule has 1 heterocycles. The Balaban J connectivity index is 1.74. The third-order valence-electron chi connectivity index (χ3n) is 3.80. The van der Waals surface area contributed by atoms with Crippen molar-refractivity contribution in [2.45, 2.75) is 0 Å². The maximum absolute atomic E-state index is 12.5. The summed E-state index contributed by atoms with van der Waals surface area (Å²) < 4.78 is 10.4. The molecule has 2 aromatic carbocycles. The molecule has 3 aromatic rings. The molecule has 1 amide bonds. The molecule has 0 atom stereocenters. The van der Waals surface area contributed by atoms with Crippen LogP contribution in [0, 0.1) is 11.3 Å². The van der Waals surface area contributed by atoms with Crippen LogP contribution in [0.3, 0.4) is 0 Å². The van der Waals surface area contributed by atoms with Crippen LogP contribution in [-0.4, -0.2) is 30.1 Å². The van der Waals surface area contributed by atoms with Gasteiger partial charge in [-0.2, -0.15) is 5.26 Å². The van der Waals surface area contributed by atoms with Gasteiger partial charge in [-0.3, -0.25) is 4.79 Å². The number of nitriles is 1. The fraction of sp³-hybridized carbons (Fsp3) is 0.100. The Hall–Kier alpha value is -4.12. The number of rotatable bonds is 6. The van der Waals surface area contributed by atoms with E-state index < -0.39 is 5.91 Å². The quantitative estimate of drug-likeness (QED) is 0.680. The summed E-state index contributed by atoms with van der Waals surface area (Å²) >= 11 is 0. The van der Waals surface area contributed by atoms with Crippen molar-refractivity contribution in [2.24, 2.45) is 0 Å². The standard InChI is InChI=1S/C20H17N5O3/c1-27-17-8-7-15(11-18(17)28-2)23-19(26)16-9-10-22-20(25-16)24-14-5-3-13(12-21)4-6-14/h3-11H,1-2H3,(H,23,26)(H,22,24,25). The van der Waals surface area contributed by atoms with Gasteiger partial charge < -0.3 is 20.1 Å². The highest BCUT2D eigenvalue weighted by Crippen LogP contribution is 2.29. The van der Waals surface area contributed by atoms with Crippen molar-refractivity contribution in [3.8, 4) is 17.6 Å². The van der Waals surface area contributed by atoms with Gasteiger partial charge in [0.2, 0.25) is 5.95 Å². The fourth-order valence-corrected chi connectivity index (χ4v) is 2.41. The minimum Gasteiger partial charge on any atom is -0.493 e. The summed E-state index contributed by atoms with van der Waals surface area (Å²) in [5.41, 5.74) is 2.00. The maximum Gasteiger partial charge on any atom is 0.274 e. The third-order valence-corrected chi connectivity index (χ3v) is 3.80. The lowest BCUT2D eigenvalue weighted by atomic mass is 10.2. The lowest BCUT2D eigenvalue weighted by Crippen LogP contribution is -2.14. The van der Waals surface area contributed by atoms with Crippen LogP contribution < -0.4 is 20.1 Å². The summed E-state index contributed by atoms with van der Waals surface area (Å²) in [5, 5.41) is 14.6. The summed E-state index contributed by atoms with van der Waals surface area (Å²) in [5.74, 6) is 0.949. The normalized spacial score (nSPS) is 9.89. The van der Waals surface area contributed by atoms with Gasteiger partial charge in [-0.25, -0.2) is 9.97 Å². The Bertz CT molecular complexity index is 1030. The van der Waals surface area contributed by atoms with Crippen LogP contribution in [0.4, 0.5) is 17.3 Å². The summed E-state index contributed by atoms with van der Waals surface area (Å²) in [4.78, 5) is 20.9. The van der Waals surface area contributed by atoms with Crippen molar-refractivity contribution in [3.05, 3.63) is 66.0 Å². The molecule has 0 radical (unpaired) electrons. The first-order valence-electron chi connectivity index (χ1n) is 8.26. The highest BCUT2D eigenvalue weighted by atomic mass is 16.5. The van der Waals surface area contributed by atoms with Crippen LogP contribution in [0.1, 0.15) is 16.1 Å². The van der Waals surface area contributed by atoms with Crippen molar-refractivity contribution < 1.29 is 14.3 Å². The molecule has 0 fully saturated rings. The van der Waals surface area contributed by atoms with Gasteiger partial charge >= 0.3 is 0 Å². The molecule has 0 aliphatic carbocycles. The maximum atomic E-state index is 12.5. The minimum atomic E-state index is -0.391. The van der Waals surface area contributed by atoms with E-state index in [1.807, 2.05) is 0 Å². The number of hydrogen-bond acceptors (Lipinski definition) is 7. The molecule has 0 aliphatic heterocycles. The molecule has 0 aliphatic rings. The van der Waals surface area contributed by atoms with Crippen molar-refractivity contribution in [1.29, 1.82) is 5.26 Å². The van der Waals surface area contributed by atoms with Gasteiger partial charge in [0.25, 0.3) is 5.91 Å². The molecule has 3 rings (SSSR count). The molecule has 0 spiro atoms. The second kappa shape index (κ2) is 8.51. The molecule has 1 aromatic heterocycles. The van der Waals surface area contributed by atoms with Crippen LogP contribution in [0.25, 0.3) is 0 Å². The topological polar surface area (TPSA) is 109 Å². The number of methoxy groups -OCH3 is 2. The van der Waals surface area contributed by atoms with E-state index in [0.29, 0.717) is 28.4 Å². The Morgan fingerprint density at radius 3 is 2.39 bits per heavy atom. The first kappa shape index (κ1) is 18.7. The predicted octanol–water partition coefficient (Wildman–Crippen LogP) is 3.36. The Morgan fingerprint density at radius 1 is 1.00 bits per heavy atom. The molecule has 0 bridgehead atoms. The second-order valence-electron chi connectivity index (χ2n) is 5.60. The van der Waals surface area contributed by atoms with Gasteiger partial charge in [0.15, 0.2) is 11.5 Å². The van der Waals surface area contributed by atoms with E-state index in [4.69, 9.17) is 14.7 Å². The monoisotopic (exact) mass is 375 g/mol. The smallest absolute Gasteiger partial charge is 0.274 e. The van der Waals surface area contributed by atoms with Crippen LogP contribution in [-0.2, 0) is 0 Å². The van der Waals surface area contributed by atoms with Gasteiger partial charge in [-0.1, -0.05) is 0 Å². The summed E-state index contributed by atoms with van der Waals surface area (Å²) in [6.07, 6.45) is 1.49. The number of anilines is 3. The Morgan fingerprint density at radius 2 is 1.71 bits per heavy atom. The van der Waals surface area contributed by atoms with Crippen molar-refractivity contribution in [1.82, 2.24) is 9.97 Å². The average molecular weight is 375 g/mol. The highest BCUT2D eigenvalue weighted by Gasteiger charge is 2.11. The van der Waals surface area contributed by atoms with Crippen LogP contribution >= 0.6 is 0 Å². The molecular weight excluding hydrogens is 358 g/mol. The molecule has 0 saturated heterocycles. The largest absolute Gasteiger partial charge is 0.493 e. The third kappa shape index (κ3) is 4.34. The molecule has 28 heavy (non-hydrogen) atoms. The highest BCUT2D eigenvalue weighted by molar-refractivity contribution is 6.03. The Labute approximate surface area is 161 Å². The molecule has 8 heteroatoms. The second-order valence-corrected chi connectivity index (χ2v) is 5.60. The lowest BCUT2D eigenvalue weighted by Gasteiger charge is -2.11. The van der Waals surface area contributed by atoms with Crippen molar-refractivity contribution in [3.63, 3.8) is 0 Å². The van der Waals surface area contributed by atoms with E-state index in [-0.39, 0.29) is 11.6 Å². The van der Waals surface area contributed by atoms with Crippen molar-refractivity contribution in [2.75, 3.05) is 24.9 Å². The van der Waals surface area contributed by atoms with E-state index in [2.05, 4.69) is 26.7 Å². The molecule has 0 unspecified atom stereocenters. The summed E-state index contributed by atoms with van der Waals surface area (Å²) in [7, 11) is 3.06. The van der Waals surface area contributed by atoms with Gasteiger partial charge in [-0.05, 0) is 42.5 Å². The first-order valence-corrected chi connectivity index (χ1v) is 8.26. The van der Waals surface area contributed by atoms with E-state index in [9.17, 15) is 4.79 Å². The van der Waals surface area contributed by atoms with Crippen LogP contribution in [0.5, 0.6) is 11.5 Å². The number of nitrogens with zero attached hydrogens (tertiary/aromatic N) is 3. The predicted molar refractivity (Wildman–Crippen MR) is 104 cm³/mol. The van der Waals surface area contributed by atoms with Crippen LogP contribution in [0.2, 0.25) is 0 Å². The zero-order valence-corrected chi connectivity index (χ0v) is 15.3. The lowest BCUT2D eigenvalue weighted by molar-refractivity contribution is 0.102. The molecule has 0 saturated carbocycles. The van der Waals surface area contributed by atoms with E-state index >= 15 is 0 Å². The average Bonchev–Trinajstić information content (AvgIpc) is 2.74. The number of carbonyl (C=O) groups is 1. The van der Waals surface area contributed by atoms with E-state index in [0.717, 1.165) is 0 Å². The zero-order chi connectivity index (χ0) is 19.9. The van der Waals surface area contributed by atoms with Gasteiger partial charge in [0, 0.05) is 23.6 Å². The number of amides is 1. The summed E-state index contributed by atoms with van der Waals surface area (Å²) in [6.45, 7) is 0. The Kier molecular flexibility index (Phi) is 5.67. The number of aromatic nitrogens is 2. The number of nitrogens with one attached hydrogen (secondary N) is 2. The van der Waals surface area contributed by atoms with Crippen molar-refractivity contribution >= 4 is 23.2 Å². The van der Waals surface area contributed by atoms with Gasteiger partial charge in [-0.15, -0.1) is 0 Å². The zero-order valence-electron chi connectivity index (χ0n) is 15.3. The van der Waals surface area contributed by atoms with Gasteiger partial charge in [0.05, 0.1) is 25.9 Å². The minimum absolute atomic E-state index is 0.195. The van der Waals surface area contributed by atoms with Crippen LogP contribution in [0.15, 0.2) is 54.7 Å². The van der Waals surface area contributed by atoms with E-state index in [1.165, 1.54) is 19.4 Å². The number of hydrogen-bond donors (Lipinski definition) is 2. The molecule has 140 valence electrons. The number of ether oxygens (including phenoxy) is 2. The number of benzene rings is 2.